The van der Waals surface area contributed by atoms with Crippen molar-refractivity contribution in [3.05, 3.63) is 70.8 Å². The zero-order valence-electron chi connectivity index (χ0n) is 19.4. The van der Waals surface area contributed by atoms with Gasteiger partial charge in [0.15, 0.2) is 0 Å². The summed E-state index contributed by atoms with van der Waals surface area (Å²) in [6, 6.07) is 10.3. The highest BCUT2D eigenvalue weighted by molar-refractivity contribution is 5.98. The van der Waals surface area contributed by atoms with Crippen molar-refractivity contribution in [2.75, 3.05) is 0 Å². The van der Waals surface area contributed by atoms with E-state index in [1.165, 1.54) is 29.7 Å². The van der Waals surface area contributed by atoms with Crippen LogP contribution >= 0.6 is 0 Å². The maximum absolute atomic E-state index is 13.7. The second-order valence-electron chi connectivity index (χ2n) is 7.89. The molecule has 0 saturated carbocycles. The number of hydroxylamine groups is 1. The van der Waals surface area contributed by atoms with E-state index in [0.717, 1.165) is 19.4 Å². The maximum Gasteiger partial charge on any atom is 0.312 e. The molecule has 2 atom stereocenters. The Morgan fingerprint density at radius 2 is 1.53 bits per heavy atom. The maximum atomic E-state index is 13.7. The average molecular weight is 501 g/mol. The van der Waals surface area contributed by atoms with Gasteiger partial charge in [-0.2, -0.15) is 0 Å². The van der Waals surface area contributed by atoms with Gasteiger partial charge in [-0.3, -0.25) is 19.6 Å². The first-order valence-corrected chi connectivity index (χ1v) is 10.5. The Labute approximate surface area is 205 Å². The molecule has 5 amide bonds. The van der Waals surface area contributed by atoms with Crippen molar-refractivity contribution in [2.45, 2.75) is 38.4 Å². The fourth-order valence-electron chi connectivity index (χ4n) is 3.14. The van der Waals surface area contributed by atoms with Crippen LogP contribution in [-0.2, 0) is 16.1 Å². The third-order valence-corrected chi connectivity index (χ3v) is 5.07. The first-order valence-electron chi connectivity index (χ1n) is 10.5. The van der Waals surface area contributed by atoms with Gasteiger partial charge in [0, 0.05) is 30.2 Å². The molecule has 2 aromatic rings. The number of carbonyl (C=O) groups is 4. The number of nitrogens with one attached hydrogen (secondary N) is 4. The van der Waals surface area contributed by atoms with Crippen LogP contribution in [0, 0.1) is 11.8 Å². The first kappa shape index (κ1) is 27.7. The summed E-state index contributed by atoms with van der Waals surface area (Å²) in [7, 11) is 0. The van der Waals surface area contributed by atoms with Crippen LogP contribution in [0.2, 0.25) is 0 Å². The SMILES string of the molecule is CC(=O)NC(C)(C(F)F)[C@H](NC(=O)c1ccc(C#Cc2ccc(CNC(N)=O)cc2)cc1)C(=O)NO. The number of benzene rings is 2. The number of hydrogen-bond donors (Lipinski definition) is 6. The highest BCUT2D eigenvalue weighted by atomic mass is 19.3. The van der Waals surface area contributed by atoms with Crippen LogP contribution in [0.15, 0.2) is 48.5 Å². The summed E-state index contributed by atoms with van der Waals surface area (Å²) < 4.78 is 27.5. The van der Waals surface area contributed by atoms with Crippen LogP contribution in [0.5, 0.6) is 0 Å². The molecular weight excluding hydrogens is 476 g/mol. The van der Waals surface area contributed by atoms with Gasteiger partial charge in [-0.15, -0.1) is 0 Å². The Kier molecular flexibility index (Phi) is 9.46. The number of hydrogen-bond acceptors (Lipinski definition) is 5. The molecule has 10 nitrogen and oxygen atoms in total. The Hall–Kier alpha value is -4.50. The summed E-state index contributed by atoms with van der Waals surface area (Å²) in [5.41, 5.74) is 5.88. The van der Waals surface area contributed by atoms with Crippen LogP contribution in [-0.4, -0.2) is 47.0 Å². The minimum atomic E-state index is -3.25. The van der Waals surface area contributed by atoms with Gasteiger partial charge >= 0.3 is 6.03 Å². The summed E-state index contributed by atoms with van der Waals surface area (Å²) in [6.45, 7) is 2.14. The van der Waals surface area contributed by atoms with Gasteiger partial charge in [0.05, 0.1) is 0 Å². The third-order valence-electron chi connectivity index (χ3n) is 5.07. The zero-order valence-corrected chi connectivity index (χ0v) is 19.4. The topological polar surface area (TPSA) is 163 Å². The number of nitrogens with two attached hydrogens (primary N) is 1. The molecule has 0 bridgehead atoms. The third kappa shape index (κ3) is 7.51. The minimum absolute atomic E-state index is 0.0297. The number of halogens is 2. The van der Waals surface area contributed by atoms with E-state index in [-0.39, 0.29) is 12.1 Å². The average Bonchev–Trinajstić information content (AvgIpc) is 2.84. The lowest BCUT2D eigenvalue weighted by atomic mass is 9.91. The van der Waals surface area contributed by atoms with E-state index < -0.39 is 41.8 Å². The highest BCUT2D eigenvalue weighted by Crippen LogP contribution is 2.21. The van der Waals surface area contributed by atoms with E-state index >= 15 is 0 Å². The molecule has 0 aliphatic heterocycles. The molecule has 12 heteroatoms. The van der Waals surface area contributed by atoms with Gasteiger partial charge in [0.25, 0.3) is 18.2 Å². The normalized spacial score (nSPS) is 12.8. The predicted octanol–water partition coefficient (Wildman–Crippen LogP) is 1.02. The van der Waals surface area contributed by atoms with Gasteiger partial charge in [-0.05, 0) is 48.9 Å². The standard InChI is InChI=1S/C24H25F2N5O5/c1-14(32)30-24(2,22(25)26)19(21(34)31-36)29-20(33)18-11-9-16(10-12-18)4-3-15-5-7-17(8-6-15)13-28-23(27)35/h5-12,19,22,36H,13H2,1-2H3,(H,29,33)(H,30,32)(H,31,34)(H3,27,28,35)/t19-,24?/m1/s1. The number of carbonyl (C=O) groups excluding carboxylic acids is 4. The molecule has 0 spiro atoms. The molecule has 0 fully saturated rings. The van der Waals surface area contributed by atoms with E-state index in [2.05, 4.69) is 22.5 Å². The van der Waals surface area contributed by atoms with Gasteiger partial charge in [-0.1, -0.05) is 24.0 Å². The van der Waals surface area contributed by atoms with E-state index in [9.17, 15) is 28.0 Å². The second kappa shape index (κ2) is 12.3. The summed E-state index contributed by atoms with van der Waals surface area (Å²) in [5, 5.41) is 15.6. The van der Waals surface area contributed by atoms with Crippen LogP contribution in [0.4, 0.5) is 13.6 Å². The molecular formula is C24H25F2N5O5. The molecule has 190 valence electrons. The summed E-state index contributed by atoms with van der Waals surface area (Å²) >= 11 is 0. The van der Waals surface area contributed by atoms with Crippen LogP contribution in [0.3, 0.4) is 0 Å². The van der Waals surface area contributed by atoms with Crippen LogP contribution < -0.4 is 27.2 Å². The Bertz CT molecular complexity index is 1180. The van der Waals surface area contributed by atoms with Crippen molar-refractivity contribution in [3.63, 3.8) is 0 Å². The lowest BCUT2D eigenvalue weighted by Crippen LogP contribution is -2.68. The highest BCUT2D eigenvalue weighted by Gasteiger charge is 2.48. The number of amides is 5. The molecule has 0 heterocycles. The number of rotatable bonds is 8. The lowest BCUT2D eigenvalue weighted by Gasteiger charge is -2.36. The number of alkyl halides is 2. The Morgan fingerprint density at radius 1 is 1.00 bits per heavy atom. The Balaban J connectivity index is 2.15. The molecule has 0 radical (unpaired) electrons. The molecule has 36 heavy (non-hydrogen) atoms. The minimum Gasteiger partial charge on any atom is -0.352 e. The number of primary amides is 1. The quantitative estimate of drug-likeness (QED) is 0.180. The van der Waals surface area contributed by atoms with E-state index in [1.54, 1.807) is 24.3 Å². The number of urea groups is 1. The molecule has 0 aliphatic rings. The smallest absolute Gasteiger partial charge is 0.312 e. The van der Waals surface area contributed by atoms with Crippen molar-refractivity contribution < 1.29 is 33.2 Å². The molecule has 0 aliphatic carbocycles. The monoisotopic (exact) mass is 501 g/mol. The zero-order chi connectivity index (χ0) is 26.9. The molecule has 2 aromatic carbocycles. The largest absolute Gasteiger partial charge is 0.352 e. The molecule has 0 aromatic heterocycles. The van der Waals surface area contributed by atoms with Crippen molar-refractivity contribution >= 4 is 23.8 Å². The van der Waals surface area contributed by atoms with Crippen molar-refractivity contribution in [1.29, 1.82) is 0 Å². The van der Waals surface area contributed by atoms with E-state index in [1.807, 2.05) is 5.32 Å². The summed E-state index contributed by atoms with van der Waals surface area (Å²) in [6.07, 6.45) is -3.25. The summed E-state index contributed by atoms with van der Waals surface area (Å²) in [4.78, 5) is 46.9. The lowest BCUT2D eigenvalue weighted by molar-refractivity contribution is -0.137. The Morgan fingerprint density at radius 3 is 1.97 bits per heavy atom. The summed E-state index contributed by atoms with van der Waals surface area (Å²) in [5.74, 6) is 2.77. The van der Waals surface area contributed by atoms with Crippen LogP contribution in [0.1, 0.15) is 40.9 Å². The van der Waals surface area contributed by atoms with Crippen molar-refractivity contribution in [2.24, 2.45) is 5.73 Å². The van der Waals surface area contributed by atoms with Crippen molar-refractivity contribution in [3.8, 4) is 11.8 Å². The van der Waals surface area contributed by atoms with Gasteiger partial charge in [-0.25, -0.2) is 19.1 Å². The van der Waals surface area contributed by atoms with Crippen LogP contribution in [0.25, 0.3) is 0 Å². The van der Waals surface area contributed by atoms with Crippen molar-refractivity contribution in [1.82, 2.24) is 21.4 Å². The fraction of sp³-hybridized carbons (Fsp3) is 0.250. The van der Waals surface area contributed by atoms with Gasteiger partial charge < -0.3 is 21.7 Å². The van der Waals surface area contributed by atoms with E-state index in [0.29, 0.717) is 11.1 Å². The second-order valence-corrected chi connectivity index (χ2v) is 7.89. The van der Waals surface area contributed by atoms with Gasteiger partial charge in [0.2, 0.25) is 5.91 Å². The fourth-order valence-corrected chi connectivity index (χ4v) is 3.14. The van der Waals surface area contributed by atoms with E-state index in [4.69, 9.17) is 10.9 Å². The van der Waals surface area contributed by atoms with Gasteiger partial charge in [0.1, 0.15) is 11.6 Å². The molecule has 7 N–H and O–H groups in total. The predicted molar refractivity (Wildman–Crippen MR) is 125 cm³/mol. The first-order chi connectivity index (χ1) is 17.0. The molecule has 2 rings (SSSR count). The molecule has 1 unspecified atom stereocenters. The molecule has 0 saturated heterocycles.